The predicted molar refractivity (Wildman–Crippen MR) is 112 cm³/mol. The van der Waals surface area contributed by atoms with E-state index in [1.165, 1.54) is 6.21 Å². The molecule has 1 amide bonds. The maximum atomic E-state index is 12.0. The van der Waals surface area contributed by atoms with Gasteiger partial charge in [0.15, 0.2) is 0 Å². The Morgan fingerprint density at radius 3 is 2.59 bits per heavy atom. The number of amides is 1. The first-order valence-corrected chi connectivity index (χ1v) is 9.39. The third-order valence-corrected chi connectivity index (χ3v) is 4.42. The van der Waals surface area contributed by atoms with Crippen LogP contribution in [0.25, 0.3) is 11.3 Å². The van der Waals surface area contributed by atoms with Crippen molar-refractivity contribution in [1.82, 2.24) is 5.43 Å². The van der Waals surface area contributed by atoms with E-state index >= 15 is 0 Å². The van der Waals surface area contributed by atoms with E-state index in [1.807, 2.05) is 0 Å². The van der Waals surface area contributed by atoms with Gasteiger partial charge in [-0.2, -0.15) is 5.10 Å². The van der Waals surface area contributed by atoms with Crippen molar-refractivity contribution >= 4 is 41.3 Å². The summed E-state index contributed by atoms with van der Waals surface area (Å²) < 4.78 is 10.7. The van der Waals surface area contributed by atoms with Crippen molar-refractivity contribution in [2.45, 2.75) is 6.92 Å². The second kappa shape index (κ2) is 9.41. The fourth-order valence-corrected chi connectivity index (χ4v) is 2.76. The fraction of sp³-hybridized carbons (Fsp3) is 0.0952. The van der Waals surface area contributed by atoms with Gasteiger partial charge in [-0.25, -0.2) is 10.2 Å². The molecule has 6 nitrogen and oxygen atoms in total. The summed E-state index contributed by atoms with van der Waals surface area (Å²) in [6.07, 6.45) is 1.37. The molecule has 0 saturated carbocycles. The first-order chi connectivity index (χ1) is 14.0. The number of hydrazone groups is 1. The minimum absolute atomic E-state index is 0.252. The minimum atomic E-state index is -0.502. The summed E-state index contributed by atoms with van der Waals surface area (Å²) in [4.78, 5) is 24.0. The number of ether oxygens (including phenoxy) is 1. The first-order valence-electron chi connectivity index (χ1n) is 8.63. The van der Waals surface area contributed by atoms with Crippen LogP contribution in [0.5, 0.6) is 0 Å². The smallest absolute Gasteiger partial charge is 0.339 e. The lowest BCUT2D eigenvalue weighted by atomic mass is 10.1. The lowest BCUT2D eigenvalue weighted by molar-refractivity contribution is 0.0526. The highest BCUT2D eigenvalue weighted by Gasteiger charge is 2.14. The molecule has 0 aliphatic heterocycles. The zero-order chi connectivity index (χ0) is 20.8. The van der Waals surface area contributed by atoms with Crippen LogP contribution in [-0.4, -0.2) is 24.7 Å². The van der Waals surface area contributed by atoms with Gasteiger partial charge in [0, 0.05) is 16.1 Å². The van der Waals surface area contributed by atoms with Gasteiger partial charge in [-0.3, -0.25) is 4.79 Å². The fourth-order valence-electron chi connectivity index (χ4n) is 2.44. The van der Waals surface area contributed by atoms with Gasteiger partial charge in [0.2, 0.25) is 0 Å². The molecule has 1 heterocycles. The number of carbonyl (C=O) groups is 2. The Labute approximate surface area is 177 Å². The van der Waals surface area contributed by atoms with Crippen LogP contribution in [0.3, 0.4) is 0 Å². The zero-order valence-corrected chi connectivity index (χ0v) is 16.8. The van der Waals surface area contributed by atoms with Crippen molar-refractivity contribution in [2.75, 3.05) is 6.61 Å². The molecule has 0 spiro atoms. The number of esters is 1. The van der Waals surface area contributed by atoms with Crippen molar-refractivity contribution in [3.05, 3.63) is 81.5 Å². The predicted octanol–water partition coefficient (Wildman–Crippen LogP) is 5.19. The van der Waals surface area contributed by atoms with Crippen LogP contribution in [0.1, 0.15) is 33.4 Å². The zero-order valence-electron chi connectivity index (χ0n) is 15.3. The molecule has 0 atom stereocenters. The van der Waals surface area contributed by atoms with Crippen LogP contribution in [0.2, 0.25) is 10.0 Å². The van der Waals surface area contributed by atoms with Crippen molar-refractivity contribution in [1.29, 1.82) is 0 Å². The van der Waals surface area contributed by atoms with Gasteiger partial charge in [-0.05, 0) is 61.5 Å². The highest BCUT2D eigenvalue weighted by atomic mass is 35.5. The third kappa shape index (κ3) is 5.25. The molecule has 8 heteroatoms. The standard InChI is InChI=1S/C21H16Cl2N2O4/c1-2-28-21(27)17-11-14(5-9-18(17)23)19-10-8-16(29-19)12-24-25-20(26)13-3-6-15(22)7-4-13/h3-12H,2H2,1H3,(H,25,26)/b24-12-. The van der Waals surface area contributed by atoms with Gasteiger partial charge in [0.25, 0.3) is 5.91 Å². The highest BCUT2D eigenvalue weighted by molar-refractivity contribution is 6.33. The van der Waals surface area contributed by atoms with Crippen molar-refractivity contribution < 1.29 is 18.7 Å². The summed E-state index contributed by atoms with van der Waals surface area (Å²) in [6.45, 7) is 1.97. The van der Waals surface area contributed by atoms with E-state index in [1.54, 1.807) is 61.5 Å². The second-order valence-electron chi connectivity index (χ2n) is 5.82. The number of nitrogens with zero attached hydrogens (tertiary/aromatic N) is 1. The lowest BCUT2D eigenvalue weighted by Gasteiger charge is -2.05. The molecule has 0 fully saturated rings. The minimum Gasteiger partial charge on any atom is -0.462 e. The Kier molecular flexibility index (Phi) is 6.69. The first kappa shape index (κ1) is 20.6. The maximum absolute atomic E-state index is 12.0. The summed E-state index contributed by atoms with van der Waals surface area (Å²) in [7, 11) is 0. The average molecular weight is 431 g/mol. The average Bonchev–Trinajstić information content (AvgIpc) is 3.18. The molecular weight excluding hydrogens is 415 g/mol. The van der Waals surface area contributed by atoms with Crippen LogP contribution in [0.15, 0.2) is 64.1 Å². The van der Waals surface area contributed by atoms with E-state index in [-0.39, 0.29) is 18.1 Å². The lowest BCUT2D eigenvalue weighted by Crippen LogP contribution is -2.17. The molecule has 0 bridgehead atoms. The van der Waals surface area contributed by atoms with Crippen LogP contribution in [0, 0.1) is 0 Å². The van der Waals surface area contributed by atoms with E-state index in [2.05, 4.69) is 10.5 Å². The molecule has 148 valence electrons. The molecule has 0 saturated heterocycles. The maximum Gasteiger partial charge on any atom is 0.339 e. The summed E-state index contributed by atoms with van der Waals surface area (Å²) in [5.41, 5.74) is 3.75. The largest absolute Gasteiger partial charge is 0.462 e. The van der Waals surface area contributed by atoms with Gasteiger partial charge in [-0.15, -0.1) is 0 Å². The summed E-state index contributed by atoms with van der Waals surface area (Å²) in [5, 5.41) is 4.72. The van der Waals surface area contributed by atoms with Crippen LogP contribution in [-0.2, 0) is 4.74 Å². The van der Waals surface area contributed by atoms with Crippen LogP contribution in [0.4, 0.5) is 0 Å². The number of benzene rings is 2. The van der Waals surface area contributed by atoms with Crippen LogP contribution >= 0.6 is 23.2 Å². The van der Waals surface area contributed by atoms with Crippen molar-refractivity contribution in [3.63, 3.8) is 0 Å². The molecule has 0 radical (unpaired) electrons. The Balaban J connectivity index is 1.70. The van der Waals surface area contributed by atoms with Gasteiger partial charge in [-0.1, -0.05) is 23.2 Å². The quantitative estimate of drug-likeness (QED) is 0.331. The van der Waals surface area contributed by atoms with Crippen LogP contribution < -0.4 is 5.43 Å². The van der Waals surface area contributed by atoms with E-state index in [0.717, 1.165) is 0 Å². The van der Waals surface area contributed by atoms with Gasteiger partial charge in [0.1, 0.15) is 11.5 Å². The molecule has 3 aromatic rings. The van der Waals surface area contributed by atoms with E-state index < -0.39 is 5.97 Å². The van der Waals surface area contributed by atoms with Crippen molar-refractivity contribution in [2.24, 2.45) is 5.10 Å². The Morgan fingerprint density at radius 1 is 1.10 bits per heavy atom. The molecule has 0 unspecified atom stereocenters. The Morgan fingerprint density at radius 2 is 1.86 bits per heavy atom. The SMILES string of the molecule is CCOC(=O)c1cc(-c2ccc(/C=N\NC(=O)c3ccc(Cl)cc3)o2)ccc1Cl. The number of carbonyl (C=O) groups excluding carboxylic acids is 2. The summed E-state index contributed by atoms with van der Waals surface area (Å²) in [5.74, 6) is 0.0563. The molecule has 0 aliphatic carbocycles. The molecule has 29 heavy (non-hydrogen) atoms. The monoisotopic (exact) mass is 430 g/mol. The highest BCUT2D eigenvalue weighted by Crippen LogP contribution is 2.27. The third-order valence-electron chi connectivity index (χ3n) is 3.84. The molecular formula is C21H16Cl2N2O4. The normalized spacial score (nSPS) is 10.9. The molecule has 1 aromatic heterocycles. The van der Waals surface area contributed by atoms with E-state index in [4.69, 9.17) is 32.4 Å². The van der Waals surface area contributed by atoms with Gasteiger partial charge < -0.3 is 9.15 Å². The number of halogens is 2. The Hall–Kier alpha value is -3.09. The molecule has 3 rings (SSSR count). The summed E-state index contributed by atoms with van der Waals surface area (Å²) >= 11 is 11.9. The Bertz CT molecular complexity index is 1060. The number of hydrogen-bond acceptors (Lipinski definition) is 5. The molecule has 1 N–H and O–H groups in total. The second-order valence-corrected chi connectivity index (χ2v) is 6.67. The van der Waals surface area contributed by atoms with E-state index in [0.29, 0.717) is 32.7 Å². The van der Waals surface area contributed by atoms with Gasteiger partial charge in [0.05, 0.1) is 23.4 Å². The van der Waals surface area contributed by atoms with Gasteiger partial charge >= 0.3 is 5.97 Å². The molecule has 2 aromatic carbocycles. The number of furan rings is 1. The topological polar surface area (TPSA) is 80.9 Å². The van der Waals surface area contributed by atoms with E-state index in [9.17, 15) is 9.59 Å². The molecule has 0 aliphatic rings. The summed E-state index contributed by atoms with van der Waals surface area (Å²) in [6, 6.07) is 14.8. The number of rotatable bonds is 6. The van der Waals surface area contributed by atoms with Crippen molar-refractivity contribution in [3.8, 4) is 11.3 Å². The number of hydrogen-bond donors (Lipinski definition) is 1. The number of nitrogens with one attached hydrogen (secondary N) is 1.